The van der Waals surface area contributed by atoms with Crippen LogP contribution < -0.4 is 14.9 Å². The van der Waals surface area contributed by atoms with Crippen molar-refractivity contribution in [2.45, 2.75) is 19.5 Å². The largest absolute Gasteiger partial charge is 0.482 e. The Morgan fingerprint density at radius 1 is 1.19 bits per heavy atom. The molecule has 32 heavy (non-hydrogen) atoms. The lowest BCUT2D eigenvalue weighted by molar-refractivity contribution is -0.118. The fourth-order valence-corrected chi connectivity index (χ4v) is 4.52. The van der Waals surface area contributed by atoms with Crippen molar-refractivity contribution in [1.29, 1.82) is 0 Å². The first-order valence-corrected chi connectivity index (χ1v) is 11.1. The highest BCUT2D eigenvalue weighted by molar-refractivity contribution is 7.07. The number of thiazole rings is 1. The van der Waals surface area contributed by atoms with Crippen LogP contribution in [-0.4, -0.2) is 26.6 Å². The van der Waals surface area contributed by atoms with Crippen LogP contribution in [0, 0.1) is 5.82 Å². The number of carbonyl (C=O) groups excluding carboxylic acids is 1. The van der Waals surface area contributed by atoms with E-state index in [1.807, 2.05) is 34.3 Å². The van der Waals surface area contributed by atoms with Crippen molar-refractivity contribution >= 4 is 28.6 Å². The average Bonchev–Trinajstić information content (AvgIpc) is 3.45. The van der Waals surface area contributed by atoms with Crippen LogP contribution >= 0.6 is 11.3 Å². The van der Waals surface area contributed by atoms with E-state index < -0.39 is 0 Å². The predicted octanol–water partition coefficient (Wildman–Crippen LogP) is 4.21. The van der Waals surface area contributed by atoms with Crippen LogP contribution in [0.2, 0.25) is 0 Å². The fraction of sp³-hybridized carbons (Fsp3) is 0.174. The van der Waals surface area contributed by atoms with Crippen LogP contribution in [0.1, 0.15) is 6.42 Å². The van der Waals surface area contributed by atoms with Gasteiger partial charge in [-0.2, -0.15) is 0 Å². The highest BCUT2D eigenvalue weighted by atomic mass is 32.1. The monoisotopic (exact) mass is 449 g/mol. The summed E-state index contributed by atoms with van der Waals surface area (Å²) < 4.78 is 23.0. The van der Waals surface area contributed by atoms with Gasteiger partial charge in [-0.25, -0.2) is 14.4 Å². The summed E-state index contributed by atoms with van der Waals surface area (Å²) in [5, 5.41) is 4.91. The minimum Gasteiger partial charge on any atom is -0.482 e. The number of amides is 1. The van der Waals surface area contributed by atoms with Gasteiger partial charge in [-0.15, -0.1) is 11.3 Å². The lowest BCUT2D eigenvalue weighted by Gasteiger charge is -2.19. The SMILES string of the molecule is O=C1COc2ccc(-c3csc(=Nc4ccc(F)cc4)n3CCCn3ccnc3)cc2N1. The molecule has 0 spiro atoms. The number of aromatic nitrogens is 3. The zero-order valence-electron chi connectivity index (χ0n) is 17.1. The molecule has 1 aliphatic heterocycles. The molecule has 0 saturated carbocycles. The second-order valence-corrected chi connectivity index (χ2v) is 8.18. The van der Waals surface area contributed by atoms with Crippen molar-refractivity contribution in [2.24, 2.45) is 4.99 Å². The van der Waals surface area contributed by atoms with Crippen molar-refractivity contribution in [2.75, 3.05) is 11.9 Å². The number of imidazole rings is 1. The molecule has 0 aliphatic carbocycles. The van der Waals surface area contributed by atoms with Gasteiger partial charge >= 0.3 is 0 Å². The molecule has 0 fully saturated rings. The summed E-state index contributed by atoms with van der Waals surface area (Å²) in [4.78, 5) is 21.4. The van der Waals surface area contributed by atoms with Crippen molar-refractivity contribution in [3.05, 3.63) is 77.2 Å². The minimum atomic E-state index is -0.289. The molecule has 0 radical (unpaired) electrons. The number of ether oxygens (including phenoxy) is 1. The van der Waals surface area contributed by atoms with Gasteiger partial charge in [0.15, 0.2) is 11.4 Å². The molecule has 3 heterocycles. The summed E-state index contributed by atoms with van der Waals surface area (Å²) >= 11 is 1.52. The number of aryl methyl sites for hydroxylation is 1. The highest BCUT2D eigenvalue weighted by Crippen LogP contribution is 2.33. The summed E-state index contributed by atoms with van der Waals surface area (Å²) in [7, 11) is 0. The molecule has 162 valence electrons. The van der Waals surface area contributed by atoms with E-state index in [0.717, 1.165) is 35.6 Å². The summed E-state index contributed by atoms with van der Waals surface area (Å²) in [5.41, 5.74) is 3.29. The molecule has 0 saturated heterocycles. The van der Waals surface area contributed by atoms with E-state index in [4.69, 9.17) is 9.73 Å². The number of carbonyl (C=O) groups is 1. The minimum absolute atomic E-state index is 0.0275. The topological polar surface area (TPSA) is 73.4 Å². The molecular formula is C23H20FN5O2S. The molecule has 0 unspecified atom stereocenters. The van der Waals surface area contributed by atoms with Gasteiger partial charge in [0, 0.05) is 36.4 Å². The van der Waals surface area contributed by atoms with Crippen molar-refractivity contribution in [3.8, 4) is 17.0 Å². The van der Waals surface area contributed by atoms with Gasteiger partial charge in [-0.05, 0) is 48.9 Å². The second kappa shape index (κ2) is 8.80. The Hall–Kier alpha value is -3.72. The number of benzene rings is 2. The highest BCUT2D eigenvalue weighted by Gasteiger charge is 2.18. The number of nitrogens with zero attached hydrogens (tertiary/aromatic N) is 4. The van der Waals surface area contributed by atoms with E-state index in [0.29, 0.717) is 17.1 Å². The van der Waals surface area contributed by atoms with E-state index in [2.05, 4.69) is 14.9 Å². The van der Waals surface area contributed by atoms with Gasteiger partial charge in [0.1, 0.15) is 11.6 Å². The molecule has 7 nitrogen and oxygen atoms in total. The number of nitrogens with one attached hydrogen (secondary N) is 1. The standard InChI is InChI=1S/C23H20FN5O2S/c24-17-3-5-18(6-4-17)26-23-29(10-1-9-28-11-8-25-15-28)20(14-32-23)16-2-7-21-19(12-16)27-22(30)13-31-21/h2-8,11-12,14-15H,1,9-10,13H2,(H,27,30). The Bertz CT molecular complexity index is 1310. The molecule has 4 aromatic rings. The van der Waals surface area contributed by atoms with Crippen LogP contribution in [0.25, 0.3) is 11.3 Å². The third-order valence-electron chi connectivity index (χ3n) is 5.11. The Morgan fingerprint density at radius 3 is 2.88 bits per heavy atom. The number of anilines is 1. The number of rotatable bonds is 6. The fourth-order valence-electron chi connectivity index (χ4n) is 3.56. The number of fused-ring (bicyclic) bond motifs is 1. The van der Waals surface area contributed by atoms with E-state index in [9.17, 15) is 9.18 Å². The smallest absolute Gasteiger partial charge is 0.262 e. The van der Waals surface area contributed by atoms with Crippen LogP contribution in [0.4, 0.5) is 15.8 Å². The van der Waals surface area contributed by atoms with Gasteiger partial charge in [0.25, 0.3) is 5.91 Å². The average molecular weight is 450 g/mol. The Morgan fingerprint density at radius 2 is 2.06 bits per heavy atom. The van der Waals surface area contributed by atoms with Crippen molar-refractivity contribution in [3.63, 3.8) is 0 Å². The lowest BCUT2D eigenvalue weighted by atomic mass is 10.1. The van der Waals surface area contributed by atoms with Gasteiger partial charge in [0.05, 0.1) is 23.4 Å². The molecule has 1 amide bonds. The molecule has 0 atom stereocenters. The Balaban J connectivity index is 1.51. The first-order valence-electron chi connectivity index (χ1n) is 10.2. The number of hydrogen-bond donors (Lipinski definition) is 1. The van der Waals surface area contributed by atoms with E-state index in [1.54, 1.807) is 24.7 Å². The molecule has 2 aromatic carbocycles. The van der Waals surface area contributed by atoms with E-state index in [-0.39, 0.29) is 18.3 Å². The number of hydrogen-bond acceptors (Lipinski definition) is 5. The molecular weight excluding hydrogens is 429 g/mol. The van der Waals surface area contributed by atoms with E-state index in [1.165, 1.54) is 23.5 Å². The molecule has 9 heteroatoms. The number of halogens is 1. The first kappa shape index (κ1) is 20.2. The second-order valence-electron chi connectivity index (χ2n) is 7.35. The third-order valence-corrected chi connectivity index (χ3v) is 5.98. The first-order chi connectivity index (χ1) is 15.7. The van der Waals surface area contributed by atoms with Crippen LogP contribution in [0.15, 0.2) is 71.6 Å². The quantitative estimate of drug-likeness (QED) is 0.479. The summed E-state index contributed by atoms with van der Waals surface area (Å²) in [5.74, 6) is 0.203. The van der Waals surface area contributed by atoms with Gasteiger partial charge in [0.2, 0.25) is 0 Å². The van der Waals surface area contributed by atoms with Crippen LogP contribution in [0.5, 0.6) is 5.75 Å². The molecule has 0 bridgehead atoms. The molecule has 5 rings (SSSR count). The van der Waals surface area contributed by atoms with Crippen LogP contribution in [0.3, 0.4) is 0 Å². The maximum absolute atomic E-state index is 13.3. The van der Waals surface area contributed by atoms with Gasteiger partial charge < -0.3 is 19.2 Å². The van der Waals surface area contributed by atoms with E-state index >= 15 is 0 Å². The van der Waals surface area contributed by atoms with Crippen molar-refractivity contribution < 1.29 is 13.9 Å². The van der Waals surface area contributed by atoms with Crippen LogP contribution in [-0.2, 0) is 17.9 Å². The zero-order chi connectivity index (χ0) is 21.9. The van der Waals surface area contributed by atoms with Gasteiger partial charge in [-0.1, -0.05) is 0 Å². The van der Waals surface area contributed by atoms with Crippen molar-refractivity contribution in [1.82, 2.24) is 14.1 Å². The summed E-state index contributed by atoms with van der Waals surface area (Å²) in [6.07, 6.45) is 6.38. The zero-order valence-corrected chi connectivity index (χ0v) is 17.9. The van der Waals surface area contributed by atoms with Gasteiger partial charge in [-0.3, -0.25) is 4.79 Å². The summed E-state index contributed by atoms with van der Waals surface area (Å²) in [6.45, 7) is 1.59. The Labute approximate surface area is 187 Å². The molecule has 1 aliphatic rings. The summed E-state index contributed by atoms with van der Waals surface area (Å²) in [6, 6.07) is 11.9. The maximum atomic E-state index is 13.3. The normalized spacial score (nSPS) is 13.5. The predicted molar refractivity (Wildman–Crippen MR) is 120 cm³/mol. The lowest BCUT2D eigenvalue weighted by Crippen LogP contribution is -2.25. The molecule has 2 aromatic heterocycles. The maximum Gasteiger partial charge on any atom is 0.262 e. The third kappa shape index (κ3) is 4.33. The molecule has 1 N–H and O–H groups in total. The Kier molecular flexibility index (Phi) is 5.55.